The lowest BCUT2D eigenvalue weighted by Gasteiger charge is -2.33. The molecule has 5 nitrogen and oxygen atoms in total. The third kappa shape index (κ3) is 3.08. The monoisotopic (exact) mass is 382 g/mol. The van der Waals surface area contributed by atoms with E-state index in [2.05, 4.69) is 0 Å². The van der Waals surface area contributed by atoms with Gasteiger partial charge in [0, 0.05) is 18.4 Å². The van der Waals surface area contributed by atoms with Gasteiger partial charge < -0.3 is 9.64 Å². The van der Waals surface area contributed by atoms with E-state index in [1.54, 1.807) is 16.8 Å². The van der Waals surface area contributed by atoms with E-state index in [0.29, 0.717) is 26.0 Å². The second-order valence-electron chi connectivity index (χ2n) is 6.97. The predicted octanol–water partition coefficient (Wildman–Crippen LogP) is 3.46. The van der Waals surface area contributed by atoms with Gasteiger partial charge in [-0.15, -0.1) is 0 Å². The van der Waals surface area contributed by atoms with Crippen LogP contribution in [-0.4, -0.2) is 41.8 Å². The Balaban J connectivity index is 1.45. The molecule has 1 saturated heterocycles. The maximum Gasteiger partial charge on any atom is 0.259 e. The standard InChI is InChI=1S/C21H22N2O3S/c1-15-7-9-16(10-8-15)26-14-13-22(2)20(25)21-12-11-19(24)23(21)17-5-3-4-6-18(17)27-21/h3-10H,11-14H2,1-2H3. The number of anilines is 1. The van der Waals surface area contributed by atoms with Crippen LogP contribution in [0.5, 0.6) is 5.75 Å². The quantitative estimate of drug-likeness (QED) is 0.795. The Bertz CT molecular complexity index is 883. The predicted molar refractivity (Wildman–Crippen MR) is 106 cm³/mol. The number of aryl methyl sites for hydroxylation is 1. The van der Waals surface area contributed by atoms with Gasteiger partial charge in [0.1, 0.15) is 12.4 Å². The van der Waals surface area contributed by atoms with Gasteiger partial charge in [0.2, 0.25) is 5.91 Å². The molecule has 27 heavy (non-hydrogen) atoms. The summed E-state index contributed by atoms with van der Waals surface area (Å²) in [5.41, 5.74) is 2.03. The molecule has 2 heterocycles. The first-order chi connectivity index (χ1) is 13.0. The number of ether oxygens (including phenoxy) is 1. The lowest BCUT2D eigenvalue weighted by atomic mass is 10.1. The number of fused-ring (bicyclic) bond motifs is 3. The molecule has 2 aliphatic rings. The molecule has 2 aromatic carbocycles. The van der Waals surface area contributed by atoms with Crippen molar-refractivity contribution in [2.45, 2.75) is 29.5 Å². The average molecular weight is 382 g/mol. The lowest BCUT2D eigenvalue weighted by Crippen LogP contribution is -2.53. The minimum absolute atomic E-state index is 0.0186. The Morgan fingerprint density at radius 3 is 2.74 bits per heavy atom. The van der Waals surface area contributed by atoms with Crippen molar-refractivity contribution in [1.82, 2.24) is 4.90 Å². The zero-order valence-electron chi connectivity index (χ0n) is 15.5. The third-order valence-electron chi connectivity index (χ3n) is 5.07. The zero-order valence-corrected chi connectivity index (χ0v) is 16.3. The Morgan fingerprint density at radius 2 is 1.96 bits per heavy atom. The van der Waals surface area contributed by atoms with E-state index in [1.807, 2.05) is 55.5 Å². The molecule has 0 spiro atoms. The fourth-order valence-corrected chi connectivity index (χ4v) is 5.13. The minimum atomic E-state index is -0.848. The largest absolute Gasteiger partial charge is 0.492 e. The molecule has 2 aromatic rings. The lowest BCUT2D eigenvalue weighted by molar-refractivity contribution is -0.133. The van der Waals surface area contributed by atoms with Crippen molar-refractivity contribution in [3.63, 3.8) is 0 Å². The van der Waals surface area contributed by atoms with E-state index in [1.165, 1.54) is 17.3 Å². The van der Waals surface area contributed by atoms with Crippen LogP contribution in [0.25, 0.3) is 0 Å². The van der Waals surface area contributed by atoms with Gasteiger partial charge >= 0.3 is 0 Å². The van der Waals surface area contributed by atoms with Gasteiger partial charge in [0.05, 0.1) is 12.2 Å². The van der Waals surface area contributed by atoms with Gasteiger partial charge in [-0.2, -0.15) is 0 Å². The molecule has 2 aliphatic heterocycles. The van der Waals surface area contributed by atoms with Gasteiger partial charge in [-0.3, -0.25) is 14.5 Å². The number of amides is 2. The Hall–Kier alpha value is -2.47. The van der Waals surface area contributed by atoms with Crippen molar-refractivity contribution < 1.29 is 14.3 Å². The first-order valence-corrected chi connectivity index (χ1v) is 9.89. The van der Waals surface area contributed by atoms with Crippen LogP contribution in [0, 0.1) is 6.92 Å². The number of carbonyl (C=O) groups is 2. The van der Waals surface area contributed by atoms with E-state index in [-0.39, 0.29) is 11.8 Å². The van der Waals surface area contributed by atoms with Gasteiger partial charge in [0.25, 0.3) is 5.91 Å². The number of hydrogen-bond acceptors (Lipinski definition) is 4. The van der Waals surface area contributed by atoms with Crippen molar-refractivity contribution in [2.24, 2.45) is 0 Å². The van der Waals surface area contributed by atoms with E-state index < -0.39 is 4.87 Å². The second kappa shape index (κ2) is 6.93. The number of carbonyl (C=O) groups excluding carboxylic acids is 2. The molecule has 0 radical (unpaired) electrons. The average Bonchev–Trinajstić information content (AvgIpc) is 3.18. The Morgan fingerprint density at radius 1 is 1.22 bits per heavy atom. The molecular formula is C21H22N2O3S. The van der Waals surface area contributed by atoms with Crippen LogP contribution >= 0.6 is 11.8 Å². The molecule has 4 rings (SSSR count). The van der Waals surface area contributed by atoms with E-state index in [9.17, 15) is 9.59 Å². The topological polar surface area (TPSA) is 49.9 Å². The van der Waals surface area contributed by atoms with E-state index in [0.717, 1.165) is 16.3 Å². The van der Waals surface area contributed by atoms with Crippen LogP contribution < -0.4 is 9.64 Å². The number of para-hydroxylation sites is 1. The first kappa shape index (κ1) is 17.9. The summed E-state index contributed by atoms with van der Waals surface area (Å²) in [7, 11) is 1.78. The van der Waals surface area contributed by atoms with Crippen LogP contribution in [0.4, 0.5) is 5.69 Å². The van der Waals surface area contributed by atoms with Crippen LogP contribution in [0.1, 0.15) is 18.4 Å². The maximum atomic E-state index is 13.3. The number of rotatable bonds is 5. The summed E-state index contributed by atoms with van der Waals surface area (Å²) >= 11 is 1.50. The van der Waals surface area contributed by atoms with Crippen LogP contribution in [-0.2, 0) is 9.59 Å². The van der Waals surface area contributed by atoms with E-state index in [4.69, 9.17) is 4.74 Å². The fourth-order valence-electron chi connectivity index (χ4n) is 3.62. The molecule has 140 valence electrons. The number of thioether (sulfide) groups is 1. The molecule has 1 unspecified atom stereocenters. The normalized spacial score (nSPS) is 20.4. The van der Waals surface area contributed by atoms with Crippen molar-refractivity contribution in [3.8, 4) is 5.75 Å². The van der Waals surface area contributed by atoms with Crippen molar-refractivity contribution >= 4 is 29.3 Å². The van der Waals surface area contributed by atoms with Gasteiger partial charge in [-0.1, -0.05) is 41.6 Å². The molecule has 1 atom stereocenters. The highest BCUT2D eigenvalue weighted by Crippen LogP contribution is 2.56. The van der Waals surface area contributed by atoms with Crippen LogP contribution in [0.3, 0.4) is 0 Å². The van der Waals surface area contributed by atoms with Crippen molar-refractivity contribution in [2.75, 3.05) is 25.1 Å². The molecule has 0 saturated carbocycles. The Kier molecular flexibility index (Phi) is 4.60. The summed E-state index contributed by atoms with van der Waals surface area (Å²) in [6, 6.07) is 15.6. The summed E-state index contributed by atoms with van der Waals surface area (Å²) in [5, 5.41) is 0. The van der Waals surface area contributed by atoms with Crippen molar-refractivity contribution in [1.29, 1.82) is 0 Å². The zero-order chi connectivity index (χ0) is 19.0. The highest BCUT2D eigenvalue weighted by atomic mass is 32.2. The summed E-state index contributed by atoms with van der Waals surface area (Å²) in [6.45, 7) is 2.90. The highest BCUT2D eigenvalue weighted by Gasteiger charge is 2.58. The van der Waals surface area contributed by atoms with E-state index >= 15 is 0 Å². The smallest absolute Gasteiger partial charge is 0.259 e. The first-order valence-electron chi connectivity index (χ1n) is 9.07. The Labute approximate surface area is 163 Å². The molecule has 0 bridgehead atoms. The highest BCUT2D eigenvalue weighted by molar-refractivity contribution is 8.02. The number of hydrogen-bond donors (Lipinski definition) is 0. The second-order valence-corrected chi connectivity index (χ2v) is 8.29. The van der Waals surface area contributed by atoms with Gasteiger partial charge in [-0.25, -0.2) is 0 Å². The van der Waals surface area contributed by atoms with Crippen LogP contribution in [0.15, 0.2) is 53.4 Å². The van der Waals surface area contributed by atoms with Crippen molar-refractivity contribution in [3.05, 3.63) is 54.1 Å². The SMILES string of the molecule is Cc1ccc(OCCN(C)C(=O)C23CCC(=O)N2c2ccccc2S3)cc1. The number of benzene rings is 2. The van der Waals surface area contributed by atoms with Gasteiger partial charge in [-0.05, 0) is 37.6 Å². The molecule has 0 aliphatic carbocycles. The third-order valence-corrected chi connectivity index (χ3v) is 6.53. The molecular weight excluding hydrogens is 360 g/mol. The molecule has 1 fully saturated rings. The summed E-state index contributed by atoms with van der Waals surface area (Å²) < 4.78 is 5.76. The molecule has 2 amide bonds. The number of nitrogens with zero attached hydrogens (tertiary/aromatic N) is 2. The minimum Gasteiger partial charge on any atom is -0.492 e. The summed E-state index contributed by atoms with van der Waals surface area (Å²) in [5.74, 6) is 0.770. The summed E-state index contributed by atoms with van der Waals surface area (Å²) in [4.78, 5) is 29.3. The summed E-state index contributed by atoms with van der Waals surface area (Å²) in [6.07, 6.45) is 0.938. The van der Waals surface area contributed by atoms with Crippen LogP contribution in [0.2, 0.25) is 0 Å². The van der Waals surface area contributed by atoms with Gasteiger partial charge in [0.15, 0.2) is 4.87 Å². The molecule has 0 aromatic heterocycles. The molecule has 6 heteroatoms. The fraction of sp³-hybridized carbons (Fsp3) is 0.333. The molecule has 0 N–H and O–H groups in total. The number of likely N-dealkylation sites (N-methyl/N-ethyl adjacent to an activating group) is 1. The maximum absolute atomic E-state index is 13.3.